The minimum Gasteiger partial charge on any atom is -0.481 e. The number of thioether (sulfide) groups is 2. The molecule has 4 aliphatic heterocycles. The molecule has 0 spiro atoms. The lowest BCUT2D eigenvalue weighted by Gasteiger charge is -2.34. The molecule has 640 valence electrons. The number of aliphatic carboxylic acids is 1. The number of rotatable bonds is 18. The van der Waals surface area contributed by atoms with Crippen LogP contribution in [0, 0.1) is 29.1 Å². The molecule has 114 heavy (non-hydrogen) atoms. The maximum Gasteiger partial charge on any atom is 0.303 e. The first-order valence-electron chi connectivity index (χ1n) is 40.8. The van der Waals surface area contributed by atoms with Crippen LogP contribution in [0.3, 0.4) is 0 Å². The van der Waals surface area contributed by atoms with Crippen LogP contribution in [0.4, 0.5) is 0 Å². The smallest absolute Gasteiger partial charge is 0.303 e. The highest BCUT2D eigenvalue weighted by atomic mass is 32.2. The number of aliphatic hydroxyl groups is 4. The molecule has 3 saturated heterocycles. The van der Waals surface area contributed by atoms with Crippen LogP contribution in [0.1, 0.15) is 194 Å². The molecule has 36 heteroatoms. The third kappa shape index (κ3) is 29.4. The van der Waals surface area contributed by atoms with Crippen LogP contribution in [-0.4, -0.2) is 255 Å². The van der Waals surface area contributed by atoms with E-state index in [1.807, 2.05) is 24.3 Å². The number of fused-ring (bicyclic) bond motifs is 3. The number of aliphatic hydroxyl groups excluding tert-OH is 4. The first kappa shape index (κ1) is 93.9. The van der Waals surface area contributed by atoms with Gasteiger partial charge in [-0.05, 0) is 176 Å². The van der Waals surface area contributed by atoms with Crippen LogP contribution in [0.15, 0.2) is 24.3 Å². The van der Waals surface area contributed by atoms with Crippen molar-refractivity contribution in [3.8, 4) is 0 Å². The molecule has 6 aliphatic rings. The van der Waals surface area contributed by atoms with Crippen LogP contribution in [0.2, 0.25) is 0 Å². The Hall–Kier alpha value is -7.29. The molecule has 1 aromatic carbocycles. The van der Waals surface area contributed by atoms with Gasteiger partial charge in [-0.1, -0.05) is 71.7 Å². The molecule has 0 aromatic heterocycles. The number of nitrogens with two attached hydrogens (primary N) is 1. The van der Waals surface area contributed by atoms with E-state index < -0.39 is 192 Å². The SMILES string of the molecule is CCC[C@@H]1NC(=O)[C@H](CC2CNC3NCCCC23)NC(=O)[C@H]([C@@H](C)O)NC(=O)[C@H](CC2CNCN2)NC(=O)[C@H](CC2CCC(O)CC2)NC(=O)[C@H](C(C)(C)C)NC(=O)CCSCc2cccc(c2)CSC[C@@H](C(N)=O)NC(=O)[C@H]([C@@H](C)O)N(C)C(=O)[C@H](CCC)NC(=O)[C@H](CC2CCC(O)CC2)NC(=O)[C@H](CCC(=O)O)NC1=O. The molecule has 7 rings (SSSR count). The third-order valence-electron chi connectivity index (χ3n) is 22.6. The van der Waals surface area contributed by atoms with Gasteiger partial charge in [0, 0.05) is 62.2 Å². The second kappa shape index (κ2) is 46.0. The van der Waals surface area contributed by atoms with Gasteiger partial charge in [-0.25, -0.2) is 0 Å². The van der Waals surface area contributed by atoms with Gasteiger partial charge in [-0.3, -0.25) is 62.3 Å². The summed E-state index contributed by atoms with van der Waals surface area (Å²) < 4.78 is 0. The number of primary amides is 1. The largest absolute Gasteiger partial charge is 0.481 e. The van der Waals surface area contributed by atoms with E-state index in [0.717, 1.165) is 35.4 Å². The fraction of sp³-hybridized carbons (Fsp3) is 0.756. The minimum absolute atomic E-state index is 0.00761. The number of nitrogens with zero attached hydrogens (tertiary/aromatic N) is 1. The quantitative estimate of drug-likeness (QED) is 0.0814. The highest BCUT2D eigenvalue weighted by Gasteiger charge is 2.45. The van der Waals surface area contributed by atoms with Gasteiger partial charge in [0.1, 0.15) is 66.5 Å². The molecule has 0 radical (unpaired) electrons. The summed E-state index contributed by atoms with van der Waals surface area (Å²) in [5.41, 5.74) is 6.72. The Morgan fingerprint density at radius 3 is 1.61 bits per heavy atom. The van der Waals surface area contributed by atoms with E-state index in [9.17, 15) is 68.7 Å². The van der Waals surface area contributed by atoms with Crippen LogP contribution < -0.4 is 80.2 Å². The molecule has 2 saturated carbocycles. The van der Waals surface area contributed by atoms with E-state index in [0.29, 0.717) is 94.8 Å². The normalized spacial score (nSPS) is 32.4. The summed E-state index contributed by atoms with van der Waals surface area (Å²) >= 11 is 2.75. The lowest BCUT2D eigenvalue weighted by Crippen LogP contribution is -2.63. The van der Waals surface area contributed by atoms with Crippen molar-refractivity contribution in [2.45, 2.75) is 298 Å². The van der Waals surface area contributed by atoms with Gasteiger partial charge in [0.05, 0.1) is 30.6 Å². The van der Waals surface area contributed by atoms with E-state index in [-0.39, 0.29) is 87.0 Å². The summed E-state index contributed by atoms with van der Waals surface area (Å²) in [6.07, 6.45) is -0.0669. The monoisotopic (exact) mass is 1640 g/mol. The average Bonchev–Trinajstić information content (AvgIpc) is 1.78. The molecule has 5 fully saturated rings. The van der Waals surface area contributed by atoms with Crippen molar-refractivity contribution in [1.82, 2.24) is 79.3 Å². The Kier molecular flexibility index (Phi) is 37.9. The van der Waals surface area contributed by atoms with Gasteiger partial charge in [-0.2, -0.15) is 23.5 Å². The predicted octanol–water partition coefficient (Wildman–Crippen LogP) is -1.28. The van der Waals surface area contributed by atoms with Crippen LogP contribution in [0.5, 0.6) is 0 Å². The van der Waals surface area contributed by atoms with E-state index in [2.05, 4.69) is 74.4 Å². The first-order chi connectivity index (χ1) is 54.1. The summed E-state index contributed by atoms with van der Waals surface area (Å²) in [5, 5.41) is 94.6. The van der Waals surface area contributed by atoms with Crippen molar-refractivity contribution < 1.29 is 87.9 Å². The van der Waals surface area contributed by atoms with Gasteiger partial charge in [0.25, 0.3) is 0 Å². The first-order valence-corrected chi connectivity index (χ1v) is 43.1. The number of carboxylic acids is 1. The summed E-state index contributed by atoms with van der Waals surface area (Å²) in [5.74, 6) is -11.0. The van der Waals surface area contributed by atoms with Gasteiger partial charge in [0.15, 0.2) is 0 Å². The van der Waals surface area contributed by atoms with E-state index in [1.165, 1.54) is 44.4 Å². The minimum atomic E-state index is -1.78. The number of hydrogen-bond acceptors (Lipinski definition) is 23. The Labute approximate surface area is 677 Å². The lowest BCUT2D eigenvalue weighted by molar-refractivity contribution is -0.146. The summed E-state index contributed by atoms with van der Waals surface area (Å²) in [4.78, 5) is 189. The maximum atomic E-state index is 15.2. The number of carboxylic acid groups (broad SMARTS) is 1. The fourth-order valence-electron chi connectivity index (χ4n) is 16.1. The van der Waals surface area contributed by atoms with Crippen LogP contribution in [-0.2, 0) is 73.8 Å². The van der Waals surface area contributed by atoms with E-state index >= 15 is 19.2 Å². The fourth-order valence-corrected chi connectivity index (χ4v) is 18.0. The molecular formula is C78H128N16O18S2. The predicted molar refractivity (Wildman–Crippen MR) is 428 cm³/mol. The molecule has 12 amide bonds. The number of likely N-dealkylation sites (N-methyl/N-ethyl adjacent to an activating group) is 1. The van der Waals surface area contributed by atoms with Crippen molar-refractivity contribution in [2.24, 2.45) is 34.8 Å². The molecule has 34 nitrogen and oxygen atoms in total. The number of carbonyl (C=O) groups is 13. The van der Waals surface area contributed by atoms with Gasteiger partial charge in [-0.15, -0.1) is 0 Å². The molecule has 2 bridgehead atoms. The average molecular weight is 1640 g/mol. The van der Waals surface area contributed by atoms with Crippen LogP contribution >= 0.6 is 23.5 Å². The second-order valence-electron chi connectivity index (χ2n) is 33.0. The molecule has 4 unspecified atom stereocenters. The van der Waals surface area contributed by atoms with Crippen molar-refractivity contribution in [1.29, 1.82) is 0 Å². The summed E-state index contributed by atoms with van der Waals surface area (Å²) in [6.45, 7) is 13.2. The number of carbonyl (C=O) groups excluding carboxylic acids is 12. The van der Waals surface area contributed by atoms with Crippen LogP contribution in [0.25, 0.3) is 0 Å². The highest BCUT2D eigenvalue weighted by molar-refractivity contribution is 7.98. The van der Waals surface area contributed by atoms with Crippen molar-refractivity contribution in [3.63, 3.8) is 0 Å². The van der Waals surface area contributed by atoms with E-state index in [1.54, 1.807) is 34.6 Å². The number of amides is 12. The summed E-state index contributed by atoms with van der Waals surface area (Å²) in [6, 6.07) is -8.82. The number of piperidine rings is 1. The second-order valence-corrected chi connectivity index (χ2v) is 35.1. The maximum absolute atomic E-state index is 15.2. The van der Waals surface area contributed by atoms with Gasteiger partial charge >= 0.3 is 5.97 Å². The zero-order chi connectivity index (χ0) is 83.5. The molecule has 2 aliphatic carbocycles. The topological polar surface area (TPSA) is 521 Å². The Morgan fingerprint density at radius 2 is 1.08 bits per heavy atom. The van der Waals surface area contributed by atoms with E-state index in [4.69, 9.17) is 5.73 Å². The van der Waals surface area contributed by atoms with Gasteiger partial charge in [0.2, 0.25) is 70.9 Å². The van der Waals surface area contributed by atoms with Crippen molar-refractivity contribution in [2.75, 3.05) is 44.9 Å². The van der Waals surface area contributed by atoms with Crippen molar-refractivity contribution >= 4 is 100 Å². The third-order valence-corrected chi connectivity index (χ3v) is 24.7. The Bertz CT molecular complexity index is 3410. The zero-order valence-electron chi connectivity index (χ0n) is 67.3. The standard InChI is InChI=1S/C78H128N16O18S2/c1-9-13-53-68(103)85-54(26-27-62(100)101)69(104)87-56(32-44-18-22-50(97)23-19-44)70(105)86-55(14-10-2)77(112)94(8)64(43(4)96)75(110)91-60(66(79)102)40-114-39-47-16-11-15-46(31-47)38-113-30-28-61(99)92-65(78(5,6)7)76(111)90-57(33-45-20-24-51(98)25-21-45)71(106)88-59(35-49-37-80-41-83-49)73(108)93-63(42(3)95)74(109)89-58(72(107)84-53)34-48-36-82-67-52(48)17-12-29-81-67/h11,15-16,31,42-45,48-60,63-65,67,80-83,95-98H,9-10,12-14,17-30,32-41H2,1-8H3,(H2,79,102)(H,84,107)(H,85,103)(H,86,105)(H,87,104)(H,88,106)(H,89,109)(H,90,111)(H,91,110)(H,92,99)(H,93,108)(H,100,101)/t42-,43-,44?,45?,48?,49?,50?,51?,52?,53+,54+,55+,56+,57+,58+,59+,60+,63+,64+,65-,67?/m1/s1. The highest BCUT2D eigenvalue weighted by Crippen LogP contribution is 2.34. The molecule has 17 atom stereocenters. The Balaban J connectivity index is 1.23. The molecular weight excluding hydrogens is 1510 g/mol. The Morgan fingerprint density at radius 1 is 0.570 bits per heavy atom. The molecule has 4 heterocycles. The van der Waals surface area contributed by atoms with Crippen molar-refractivity contribution in [3.05, 3.63) is 35.4 Å². The number of benzene rings is 1. The zero-order valence-corrected chi connectivity index (χ0v) is 69.0. The molecule has 21 N–H and O–H groups in total. The summed E-state index contributed by atoms with van der Waals surface area (Å²) in [7, 11) is 1.25. The number of hydrogen-bond donors (Lipinski definition) is 20. The van der Waals surface area contributed by atoms with Gasteiger partial charge < -0.3 is 111 Å². The number of nitrogens with one attached hydrogen (secondary N) is 14. The molecule has 1 aromatic rings. The lowest BCUT2D eigenvalue weighted by atomic mass is 9.82.